The smallest absolute Gasteiger partial charge is 0.326 e. The Morgan fingerprint density at radius 3 is 2.59 bits per heavy atom. The maximum atomic E-state index is 11.6. The zero-order valence-corrected chi connectivity index (χ0v) is 11.7. The van der Waals surface area contributed by atoms with Crippen LogP contribution in [-0.2, 0) is 0 Å². The van der Waals surface area contributed by atoms with Crippen LogP contribution in [0.15, 0.2) is 50.0 Å². The second-order valence-corrected chi connectivity index (χ2v) is 4.89. The zero-order valence-electron chi connectivity index (χ0n) is 8.54. The maximum absolute atomic E-state index is 11.6. The van der Waals surface area contributed by atoms with Gasteiger partial charge >= 0.3 is 6.03 Å². The molecule has 0 spiro atoms. The highest BCUT2D eigenvalue weighted by atomic mass is 79.9. The second kappa shape index (κ2) is 5.37. The summed E-state index contributed by atoms with van der Waals surface area (Å²) in [5.74, 6) is 0.379. The minimum Gasteiger partial charge on any atom is -0.434 e. The molecule has 1 heterocycles. The van der Waals surface area contributed by atoms with Crippen molar-refractivity contribution in [2.45, 2.75) is 0 Å². The van der Waals surface area contributed by atoms with Crippen LogP contribution >= 0.6 is 31.9 Å². The van der Waals surface area contributed by atoms with Crippen LogP contribution in [0.5, 0.6) is 0 Å². The number of halogens is 2. The summed E-state index contributed by atoms with van der Waals surface area (Å²) >= 11 is 6.48. The van der Waals surface area contributed by atoms with Crippen LogP contribution in [-0.4, -0.2) is 6.03 Å². The highest BCUT2D eigenvalue weighted by Crippen LogP contribution is 2.19. The molecule has 1 aromatic heterocycles. The Morgan fingerprint density at radius 2 is 1.94 bits per heavy atom. The first-order valence-electron chi connectivity index (χ1n) is 4.72. The van der Waals surface area contributed by atoms with E-state index in [-0.39, 0.29) is 6.03 Å². The summed E-state index contributed by atoms with van der Waals surface area (Å²) < 4.78 is 6.62. The van der Waals surface area contributed by atoms with Crippen molar-refractivity contribution in [3.63, 3.8) is 0 Å². The van der Waals surface area contributed by atoms with Crippen LogP contribution in [0.3, 0.4) is 0 Å². The lowest BCUT2D eigenvalue weighted by Crippen LogP contribution is -2.18. The molecule has 2 amide bonds. The number of furan rings is 1. The molecule has 1 aromatic carbocycles. The first-order valence-corrected chi connectivity index (χ1v) is 6.31. The van der Waals surface area contributed by atoms with E-state index in [0.29, 0.717) is 16.2 Å². The van der Waals surface area contributed by atoms with Crippen molar-refractivity contribution in [3.8, 4) is 0 Å². The fourth-order valence-corrected chi connectivity index (χ4v) is 1.93. The fourth-order valence-electron chi connectivity index (χ4n) is 1.22. The summed E-state index contributed by atoms with van der Waals surface area (Å²) in [5, 5.41) is 5.25. The Balaban J connectivity index is 1.98. The molecule has 0 fully saturated rings. The molecule has 0 bridgehead atoms. The van der Waals surface area contributed by atoms with Crippen LogP contribution < -0.4 is 10.6 Å². The molecule has 2 N–H and O–H groups in total. The van der Waals surface area contributed by atoms with Crippen LogP contribution in [0.25, 0.3) is 0 Å². The first-order chi connectivity index (χ1) is 8.13. The minimum absolute atomic E-state index is 0.357. The van der Waals surface area contributed by atoms with Crippen molar-refractivity contribution < 1.29 is 9.21 Å². The van der Waals surface area contributed by atoms with Crippen molar-refractivity contribution in [2.75, 3.05) is 10.6 Å². The van der Waals surface area contributed by atoms with Gasteiger partial charge in [-0.05, 0) is 40.2 Å². The number of benzene rings is 1. The molecular formula is C11H8Br2N2O2. The molecule has 4 nitrogen and oxygen atoms in total. The Hall–Kier alpha value is -1.27. The number of carbonyl (C=O) groups excluding carboxylic acids is 1. The molecule has 0 aliphatic rings. The summed E-state index contributed by atoms with van der Waals surface area (Å²) in [6, 6.07) is 10.3. The molecule has 0 aliphatic carbocycles. The van der Waals surface area contributed by atoms with Gasteiger partial charge in [0.2, 0.25) is 5.88 Å². The van der Waals surface area contributed by atoms with Gasteiger partial charge in [0, 0.05) is 16.2 Å². The number of nitrogens with one attached hydrogen (secondary N) is 2. The largest absolute Gasteiger partial charge is 0.434 e. The van der Waals surface area contributed by atoms with Gasteiger partial charge in [-0.1, -0.05) is 22.0 Å². The monoisotopic (exact) mass is 358 g/mol. The van der Waals surface area contributed by atoms with Gasteiger partial charge in [-0.15, -0.1) is 0 Å². The van der Waals surface area contributed by atoms with E-state index >= 15 is 0 Å². The SMILES string of the molecule is O=C(Nc1cccc(Br)c1)Nc1ccc(Br)o1. The summed E-state index contributed by atoms with van der Waals surface area (Å²) in [6.07, 6.45) is 0. The van der Waals surface area contributed by atoms with Crippen molar-refractivity contribution in [1.29, 1.82) is 0 Å². The summed E-state index contributed by atoms with van der Waals surface area (Å²) in [5.41, 5.74) is 0.697. The van der Waals surface area contributed by atoms with E-state index in [1.807, 2.05) is 12.1 Å². The Labute approximate surface area is 115 Å². The summed E-state index contributed by atoms with van der Waals surface area (Å²) in [4.78, 5) is 11.6. The predicted molar refractivity (Wildman–Crippen MR) is 73.2 cm³/mol. The lowest BCUT2D eigenvalue weighted by atomic mass is 10.3. The highest BCUT2D eigenvalue weighted by molar-refractivity contribution is 9.10. The van der Waals surface area contributed by atoms with E-state index < -0.39 is 0 Å². The van der Waals surface area contributed by atoms with Crippen molar-refractivity contribution in [3.05, 3.63) is 45.5 Å². The first kappa shape index (κ1) is 12.2. The van der Waals surface area contributed by atoms with Crippen LogP contribution in [0.2, 0.25) is 0 Å². The molecule has 0 unspecified atom stereocenters. The molecule has 0 aliphatic heterocycles. The van der Waals surface area contributed by atoms with E-state index in [2.05, 4.69) is 42.5 Å². The van der Waals surface area contributed by atoms with Gasteiger partial charge in [0.15, 0.2) is 4.67 Å². The fraction of sp³-hybridized carbons (Fsp3) is 0. The Bertz CT molecular complexity index is 540. The number of hydrogen-bond acceptors (Lipinski definition) is 2. The topological polar surface area (TPSA) is 54.3 Å². The van der Waals surface area contributed by atoms with E-state index in [1.165, 1.54) is 0 Å². The van der Waals surface area contributed by atoms with Gasteiger partial charge in [-0.2, -0.15) is 0 Å². The van der Waals surface area contributed by atoms with Crippen molar-refractivity contribution in [2.24, 2.45) is 0 Å². The molecule has 0 radical (unpaired) electrons. The normalized spacial score (nSPS) is 10.0. The molecule has 17 heavy (non-hydrogen) atoms. The molecule has 6 heteroatoms. The van der Waals surface area contributed by atoms with Gasteiger partial charge in [0.1, 0.15) is 0 Å². The van der Waals surface area contributed by atoms with E-state index in [1.54, 1.807) is 24.3 Å². The van der Waals surface area contributed by atoms with Gasteiger partial charge < -0.3 is 9.73 Å². The molecule has 0 atom stereocenters. The number of carbonyl (C=O) groups is 1. The van der Waals surface area contributed by atoms with Gasteiger partial charge in [-0.3, -0.25) is 5.32 Å². The Kier molecular flexibility index (Phi) is 3.86. The molecule has 0 saturated carbocycles. The molecule has 2 aromatic rings. The lowest BCUT2D eigenvalue weighted by Gasteiger charge is -2.05. The lowest BCUT2D eigenvalue weighted by molar-refractivity contribution is 0.261. The molecular weight excluding hydrogens is 352 g/mol. The predicted octanol–water partition coefficient (Wildman–Crippen LogP) is 4.45. The van der Waals surface area contributed by atoms with Gasteiger partial charge in [0.25, 0.3) is 0 Å². The highest BCUT2D eigenvalue weighted by Gasteiger charge is 2.05. The van der Waals surface area contributed by atoms with E-state index in [9.17, 15) is 4.79 Å². The van der Waals surface area contributed by atoms with Crippen LogP contribution in [0.4, 0.5) is 16.4 Å². The average Bonchev–Trinajstić information content (AvgIpc) is 2.63. The number of hydrogen-bond donors (Lipinski definition) is 2. The average molecular weight is 360 g/mol. The number of rotatable bonds is 2. The minimum atomic E-state index is -0.357. The third kappa shape index (κ3) is 3.61. The van der Waals surface area contributed by atoms with Gasteiger partial charge in [0.05, 0.1) is 0 Å². The number of anilines is 2. The van der Waals surface area contributed by atoms with Crippen molar-refractivity contribution in [1.82, 2.24) is 0 Å². The van der Waals surface area contributed by atoms with Crippen molar-refractivity contribution >= 4 is 49.5 Å². The van der Waals surface area contributed by atoms with E-state index in [0.717, 1.165) is 4.47 Å². The molecule has 0 saturated heterocycles. The van der Waals surface area contributed by atoms with E-state index in [4.69, 9.17) is 4.42 Å². The summed E-state index contributed by atoms with van der Waals surface area (Å²) in [6.45, 7) is 0. The second-order valence-electron chi connectivity index (χ2n) is 3.19. The Morgan fingerprint density at radius 1 is 1.12 bits per heavy atom. The van der Waals surface area contributed by atoms with Gasteiger partial charge in [-0.25, -0.2) is 4.79 Å². The maximum Gasteiger partial charge on any atom is 0.326 e. The zero-order chi connectivity index (χ0) is 12.3. The standard InChI is InChI=1S/C11H8Br2N2O2/c12-7-2-1-3-8(6-7)14-11(16)15-10-5-4-9(13)17-10/h1-6H,(H2,14,15,16). The van der Waals surface area contributed by atoms with Crippen LogP contribution in [0.1, 0.15) is 0 Å². The van der Waals surface area contributed by atoms with Crippen LogP contribution in [0, 0.1) is 0 Å². The molecule has 88 valence electrons. The number of urea groups is 1. The quantitative estimate of drug-likeness (QED) is 0.832. The third-order valence-electron chi connectivity index (χ3n) is 1.89. The third-order valence-corrected chi connectivity index (χ3v) is 2.81. The number of amides is 2. The summed E-state index contributed by atoms with van der Waals surface area (Å²) in [7, 11) is 0. The molecule has 2 rings (SSSR count).